The van der Waals surface area contributed by atoms with Crippen molar-refractivity contribution < 1.29 is 0 Å². The van der Waals surface area contributed by atoms with Crippen LogP contribution < -0.4 is 11.1 Å². The lowest BCUT2D eigenvalue weighted by Crippen LogP contribution is -2.38. The lowest BCUT2D eigenvalue weighted by molar-refractivity contribution is 0.197. The zero-order valence-electron chi connectivity index (χ0n) is 11.3. The first-order valence-electron chi connectivity index (χ1n) is 6.36. The number of likely N-dealkylation sites (tertiary alicyclic amines) is 1. The molecule has 0 unspecified atom stereocenters. The molecule has 1 aliphatic heterocycles. The van der Waals surface area contributed by atoms with E-state index in [2.05, 4.69) is 36.0 Å². The average molecular weight is 354 g/mol. The molecule has 0 radical (unpaired) electrons. The molecule has 0 bridgehead atoms. The summed E-state index contributed by atoms with van der Waals surface area (Å²) in [6, 6.07) is 0.361. The summed E-state index contributed by atoms with van der Waals surface area (Å²) in [4.78, 5) is 6.80. The van der Waals surface area contributed by atoms with Crippen LogP contribution >= 0.6 is 24.0 Å². The van der Waals surface area contributed by atoms with E-state index in [1.807, 2.05) is 0 Å². The van der Waals surface area contributed by atoms with Crippen LogP contribution in [0.4, 0.5) is 0 Å². The minimum absolute atomic E-state index is 0. The predicted molar refractivity (Wildman–Crippen MR) is 85.0 cm³/mol. The molecule has 4 nitrogen and oxygen atoms in total. The van der Waals surface area contributed by atoms with Crippen LogP contribution in [0.25, 0.3) is 0 Å². The van der Waals surface area contributed by atoms with Gasteiger partial charge in [0.25, 0.3) is 0 Å². The second-order valence-corrected chi connectivity index (χ2v) is 5.09. The average Bonchev–Trinajstić information content (AvgIpc) is 2.20. The lowest BCUT2D eigenvalue weighted by atomic mass is 9.99. The van der Waals surface area contributed by atoms with Crippen LogP contribution in [-0.4, -0.2) is 43.1 Å². The lowest BCUT2D eigenvalue weighted by Gasteiger charge is -2.29. The van der Waals surface area contributed by atoms with Gasteiger partial charge in [-0.25, -0.2) is 0 Å². The van der Waals surface area contributed by atoms with Gasteiger partial charge in [0.15, 0.2) is 5.96 Å². The van der Waals surface area contributed by atoms with Crippen molar-refractivity contribution in [3.63, 3.8) is 0 Å². The van der Waals surface area contributed by atoms with Gasteiger partial charge in [-0.1, -0.05) is 6.92 Å². The summed E-state index contributed by atoms with van der Waals surface area (Å²) in [7, 11) is 0. The number of hydrogen-bond acceptors (Lipinski definition) is 2. The van der Waals surface area contributed by atoms with Crippen molar-refractivity contribution in [2.45, 2.75) is 39.7 Å². The molecule has 1 aliphatic rings. The quantitative estimate of drug-likeness (QED) is 0.459. The molecular weight excluding hydrogens is 327 g/mol. The fourth-order valence-electron chi connectivity index (χ4n) is 1.94. The summed E-state index contributed by atoms with van der Waals surface area (Å²) >= 11 is 0. The molecule has 17 heavy (non-hydrogen) atoms. The standard InChI is InChI=1S/C12H26N4.HI/c1-10(2)15-12(13)14-6-9-16-7-4-11(3)5-8-16;/h10-11H,4-9H2,1-3H3,(H3,13,14,15);1H. The Morgan fingerprint density at radius 3 is 2.53 bits per heavy atom. The number of nitrogens with zero attached hydrogens (tertiary/aromatic N) is 2. The number of guanidine groups is 1. The summed E-state index contributed by atoms with van der Waals surface area (Å²) in [5.41, 5.74) is 5.73. The maximum atomic E-state index is 5.73. The third kappa shape index (κ3) is 7.81. The maximum absolute atomic E-state index is 5.73. The van der Waals surface area contributed by atoms with E-state index in [1.54, 1.807) is 0 Å². The summed E-state index contributed by atoms with van der Waals surface area (Å²) < 4.78 is 0. The summed E-state index contributed by atoms with van der Waals surface area (Å²) in [6.45, 7) is 10.7. The first kappa shape index (κ1) is 17.0. The molecule has 0 aromatic heterocycles. The van der Waals surface area contributed by atoms with E-state index in [1.165, 1.54) is 25.9 Å². The molecule has 0 saturated carbocycles. The molecule has 0 aromatic carbocycles. The Morgan fingerprint density at radius 1 is 1.41 bits per heavy atom. The second kappa shape index (κ2) is 8.97. The van der Waals surface area contributed by atoms with Crippen LogP contribution in [0, 0.1) is 5.92 Å². The van der Waals surface area contributed by atoms with Crippen molar-refractivity contribution in [3.8, 4) is 0 Å². The first-order chi connectivity index (χ1) is 7.58. The largest absolute Gasteiger partial charge is 0.370 e. The fraction of sp³-hybridized carbons (Fsp3) is 0.917. The topological polar surface area (TPSA) is 53.6 Å². The summed E-state index contributed by atoms with van der Waals surface area (Å²) in [5.74, 6) is 1.47. The molecule has 1 saturated heterocycles. The van der Waals surface area contributed by atoms with Crippen LogP contribution in [0.5, 0.6) is 0 Å². The Labute approximate surface area is 122 Å². The minimum atomic E-state index is 0. The van der Waals surface area contributed by atoms with Crippen molar-refractivity contribution >= 4 is 29.9 Å². The van der Waals surface area contributed by atoms with E-state index in [0.717, 1.165) is 19.0 Å². The van der Waals surface area contributed by atoms with E-state index in [9.17, 15) is 0 Å². The zero-order chi connectivity index (χ0) is 12.0. The molecule has 0 atom stereocenters. The molecule has 0 aliphatic carbocycles. The van der Waals surface area contributed by atoms with Gasteiger partial charge >= 0.3 is 0 Å². The predicted octanol–water partition coefficient (Wildman–Crippen LogP) is 1.65. The number of nitrogens with two attached hydrogens (primary N) is 1. The highest BCUT2D eigenvalue weighted by Gasteiger charge is 2.14. The van der Waals surface area contributed by atoms with Gasteiger partial charge in [-0.3, -0.25) is 4.99 Å². The fourth-order valence-corrected chi connectivity index (χ4v) is 1.94. The maximum Gasteiger partial charge on any atom is 0.188 e. The van der Waals surface area contributed by atoms with Crippen LogP contribution in [0.1, 0.15) is 33.6 Å². The number of nitrogens with one attached hydrogen (secondary N) is 1. The Balaban J connectivity index is 0.00000256. The van der Waals surface area contributed by atoms with E-state index in [4.69, 9.17) is 5.73 Å². The molecule has 0 spiro atoms. The number of rotatable bonds is 4. The molecule has 5 heteroatoms. The number of hydrogen-bond donors (Lipinski definition) is 2. The molecular formula is C12H27IN4. The monoisotopic (exact) mass is 354 g/mol. The molecule has 1 heterocycles. The molecule has 3 N–H and O–H groups in total. The zero-order valence-corrected chi connectivity index (χ0v) is 13.6. The highest BCUT2D eigenvalue weighted by atomic mass is 127. The number of halogens is 1. The SMILES string of the molecule is CC1CCN(CCN=C(N)NC(C)C)CC1.I. The minimum Gasteiger partial charge on any atom is -0.370 e. The molecule has 1 rings (SSSR count). The molecule has 1 fully saturated rings. The van der Waals surface area contributed by atoms with Gasteiger partial charge in [-0.05, 0) is 45.7 Å². The smallest absolute Gasteiger partial charge is 0.188 e. The van der Waals surface area contributed by atoms with Crippen molar-refractivity contribution in [1.82, 2.24) is 10.2 Å². The molecule has 0 aromatic rings. The Hall–Kier alpha value is -0.0400. The Morgan fingerprint density at radius 2 is 2.00 bits per heavy atom. The molecule has 102 valence electrons. The third-order valence-electron chi connectivity index (χ3n) is 3.01. The number of piperidine rings is 1. The van der Waals surface area contributed by atoms with E-state index >= 15 is 0 Å². The Kier molecular flexibility index (Phi) is 8.94. The van der Waals surface area contributed by atoms with Gasteiger partial charge in [-0.2, -0.15) is 0 Å². The van der Waals surface area contributed by atoms with Crippen molar-refractivity contribution in [1.29, 1.82) is 0 Å². The van der Waals surface area contributed by atoms with Gasteiger partial charge < -0.3 is 16.0 Å². The van der Waals surface area contributed by atoms with Crippen molar-refractivity contribution in [2.24, 2.45) is 16.6 Å². The van der Waals surface area contributed by atoms with E-state index < -0.39 is 0 Å². The van der Waals surface area contributed by atoms with Crippen molar-refractivity contribution in [3.05, 3.63) is 0 Å². The van der Waals surface area contributed by atoms with E-state index in [-0.39, 0.29) is 24.0 Å². The third-order valence-corrected chi connectivity index (χ3v) is 3.01. The summed E-state index contributed by atoms with van der Waals surface area (Å²) in [5, 5.41) is 3.10. The second-order valence-electron chi connectivity index (χ2n) is 5.09. The molecule has 0 amide bonds. The van der Waals surface area contributed by atoms with Gasteiger partial charge in [0, 0.05) is 12.6 Å². The van der Waals surface area contributed by atoms with Gasteiger partial charge in [0.1, 0.15) is 0 Å². The Bertz CT molecular complexity index is 223. The summed E-state index contributed by atoms with van der Waals surface area (Å²) in [6.07, 6.45) is 2.65. The number of aliphatic imine (C=N–C) groups is 1. The highest BCUT2D eigenvalue weighted by molar-refractivity contribution is 14.0. The highest BCUT2D eigenvalue weighted by Crippen LogP contribution is 2.15. The van der Waals surface area contributed by atoms with Crippen LogP contribution in [0.3, 0.4) is 0 Å². The van der Waals surface area contributed by atoms with Crippen LogP contribution in [-0.2, 0) is 0 Å². The van der Waals surface area contributed by atoms with Gasteiger partial charge in [-0.15, -0.1) is 24.0 Å². The van der Waals surface area contributed by atoms with Crippen LogP contribution in [0.2, 0.25) is 0 Å². The van der Waals surface area contributed by atoms with Gasteiger partial charge in [0.05, 0.1) is 6.54 Å². The van der Waals surface area contributed by atoms with Crippen molar-refractivity contribution in [2.75, 3.05) is 26.2 Å². The van der Waals surface area contributed by atoms with Crippen LogP contribution in [0.15, 0.2) is 4.99 Å². The normalized spacial score (nSPS) is 19.2. The van der Waals surface area contributed by atoms with Gasteiger partial charge in [0.2, 0.25) is 0 Å². The van der Waals surface area contributed by atoms with E-state index in [0.29, 0.717) is 12.0 Å². The first-order valence-corrected chi connectivity index (χ1v) is 6.36.